The van der Waals surface area contributed by atoms with Crippen LogP contribution < -0.4 is 10.9 Å². The Morgan fingerprint density at radius 1 is 1.19 bits per heavy atom. The highest BCUT2D eigenvalue weighted by molar-refractivity contribution is 5.98. The number of amides is 1. The lowest BCUT2D eigenvalue weighted by molar-refractivity contribution is 0.0953. The maximum atomic E-state index is 13.0. The number of pyridine rings is 2. The Kier molecular flexibility index (Phi) is 5.94. The minimum absolute atomic E-state index is 0.210. The molecule has 4 aromatic heterocycles. The molecule has 4 rings (SSSR count). The fourth-order valence-electron chi connectivity index (χ4n) is 4.03. The molecule has 0 radical (unpaired) electrons. The van der Waals surface area contributed by atoms with Gasteiger partial charge in [0, 0.05) is 25.0 Å². The average Bonchev–Trinajstić information content (AvgIpc) is 3.38. The zero-order valence-corrected chi connectivity index (χ0v) is 18.8. The molecule has 0 fully saturated rings. The molecule has 0 atom stereocenters. The number of furan rings is 1. The average molecular weight is 434 g/mol. The summed E-state index contributed by atoms with van der Waals surface area (Å²) in [4.78, 5) is 30.4. The van der Waals surface area contributed by atoms with Crippen molar-refractivity contribution in [1.82, 2.24) is 24.6 Å². The molecule has 166 valence electrons. The van der Waals surface area contributed by atoms with E-state index < -0.39 is 0 Å². The lowest BCUT2D eigenvalue weighted by atomic mass is 10.1. The molecule has 0 aliphatic rings. The molecule has 0 aliphatic heterocycles. The van der Waals surface area contributed by atoms with Crippen molar-refractivity contribution in [3.63, 3.8) is 0 Å². The number of rotatable bonds is 7. The summed E-state index contributed by atoms with van der Waals surface area (Å²) in [6, 6.07) is 7.02. The fourth-order valence-corrected chi connectivity index (χ4v) is 4.03. The molecule has 4 aromatic rings. The molecule has 0 aromatic carbocycles. The van der Waals surface area contributed by atoms with Crippen LogP contribution in [0.3, 0.4) is 0 Å². The molecule has 1 amide bonds. The minimum Gasteiger partial charge on any atom is -0.467 e. The van der Waals surface area contributed by atoms with Crippen LogP contribution in [0.1, 0.15) is 45.7 Å². The molecular formula is C24H27N5O3. The third-order valence-corrected chi connectivity index (χ3v) is 5.79. The summed E-state index contributed by atoms with van der Waals surface area (Å²) in [5.74, 6) is 0.442. The first kappa shape index (κ1) is 21.5. The van der Waals surface area contributed by atoms with Gasteiger partial charge >= 0.3 is 0 Å². The number of nitrogens with zero attached hydrogens (tertiary/aromatic N) is 4. The van der Waals surface area contributed by atoms with Crippen LogP contribution in [0.15, 0.2) is 45.9 Å². The van der Waals surface area contributed by atoms with E-state index in [-0.39, 0.29) is 11.5 Å². The van der Waals surface area contributed by atoms with Gasteiger partial charge in [0.25, 0.3) is 11.5 Å². The summed E-state index contributed by atoms with van der Waals surface area (Å²) in [7, 11) is 0. The first-order chi connectivity index (χ1) is 15.4. The van der Waals surface area contributed by atoms with E-state index in [1.54, 1.807) is 42.1 Å². The number of carbonyl (C=O) groups is 1. The normalized spacial score (nSPS) is 11.2. The first-order valence-corrected chi connectivity index (χ1v) is 10.7. The van der Waals surface area contributed by atoms with Crippen LogP contribution in [0.4, 0.5) is 0 Å². The van der Waals surface area contributed by atoms with Crippen molar-refractivity contribution in [2.75, 3.05) is 6.54 Å². The molecule has 0 unspecified atom stereocenters. The van der Waals surface area contributed by atoms with E-state index >= 15 is 0 Å². The second kappa shape index (κ2) is 8.82. The zero-order valence-electron chi connectivity index (χ0n) is 18.8. The number of nitrogens with one attached hydrogen (secondary N) is 1. The molecule has 4 heterocycles. The van der Waals surface area contributed by atoms with Gasteiger partial charge in [0.2, 0.25) is 0 Å². The number of hydrogen-bond acceptors (Lipinski definition) is 5. The Balaban J connectivity index is 1.54. The molecule has 0 bridgehead atoms. The quantitative estimate of drug-likeness (QED) is 0.483. The second-order valence-corrected chi connectivity index (χ2v) is 7.85. The number of fused-ring (bicyclic) bond motifs is 1. The van der Waals surface area contributed by atoms with E-state index in [1.165, 1.54) is 0 Å². The number of hydrogen-bond donors (Lipinski definition) is 1. The van der Waals surface area contributed by atoms with Gasteiger partial charge < -0.3 is 14.3 Å². The van der Waals surface area contributed by atoms with Crippen LogP contribution >= 0.6 is 0 Å². The number of aromatic nitrogens is 4. The third-order valence-electron chi connectivity index (χ3n) is 5.79. The van der Waals surface area contributed by atoms with Gasteiger partial charge in [-0.25, -0.2) is 0 Å². The topological polar surface area (TPSA) is 95.0 Å². The van der Waals surface area contributed by atoms with Crippen LogP contribution in [-0.4, -0.2) is 31.8 Å². The Morgan fingerprint density at radius 3 is 2.69 bits per heavy atom. The monoisotopic (exact) mass is 433 g/mol. The van der Waals surface area contributed by atoms with Crippen LogP contribution in [0.2, 0.25) is 0 Å². The van der Waals surface area contributed by atoms with E-state index in [2.05, 4.69) is 22.3 Å². The maximum absolute atomic E-state index is 13.0. The van der Waals surface area contributed by atoms with Crippen molar-refractivity contribution in [3.8, 4) is 0 Å². The largest absolute Gasteiger partial charge is 0.467 e. The van der Waals surface area contributed by atoms with Crippen molar-refractivity contribution >= 4 is 16.8 Å². The lowest BCUT2D eigenvalue weighted by Crippen LogP contribution is -2.27. The molecule has 0 saturated carbocycles. The number of aryl methyl sites for hydroxylation is 3. The summed E-state index contributed by atoms with van der Waals surface area (Å²) in [6.45, 7) is 9.49. The molecule has 1 N–H and O–H groups in total. The molecule has 0 spiro atoms. The van der Waals surface area contributed by atoms with Crippen molar-refractivity contribution in [3.05, 3.63) is 81.0 Å². The SMILES string of the molecule is CCn1nc(C)c(CCNC(=O)c2cc3c(=O)n(Cc4ccco4)ccc3nc2C)c1C. The predicted molar refractivity (Wildman–Crippen MR) is 122 cm³/mol. The highest BCUT2D eigenvalue weighted by Crippen LogP contribution is 2.16. The first-order valence-electron chi connectivity index (χ1n) is 10.7. The minimum atomic E-state index is -0.240. The van der Waals surface area contributed by atoms with Crippen LogP contribution in [0.5, 0.6) is 0 Å². The van der Waals surface area contributed by atoms with Gasteiger partial charge in [-0.15, -0.1) is 0 Å². The van der Waals surface area contributed by atoms with Gasteiger partial charge in [0.15, 0.2) is 0 Å². The highest BCUT2D eigenvalue weighted by Gasteiger charge is 2.16. The zero-order chi connectivity index (χ0) is 22.8. The standard InChI is InChI=1S/C24H27N5O3/c1-5-29-17(4)19(16(3)27-29)8-10-25-23(30)20-13-21-22(26-15(20)2)9-11-28(24(21)31)14-18-7-6-12-32-18/h6-7,9,11-13H,5,8,10,14H2,1-4H3,(H,25,30). The van der Waals surface area contributed by atoms with Gasteiger partial charge in [0.1, 0.15) is 5.76 Å². The fraction of sp³-hybridized carbons (Fsp3) is 0.333. The second-order valence-electron chi connectivity index (χ2n) is 7.85. The van der Waals surface area contributed by atoms with E-state index in [1.807, 2.05) is 24.6 Å². The Hall–Kier alpha value is -3.68. The van der Waals surface area contributed by atoms with Gasteiger partial charge in [-0.05, 0) is 63.9 Å². The van der Waals surface area contributed by atoms with E-state index in [0.29, 0.717) is 47.4 Å². The van der Waals surface area contributed by atoms with Gasteiger partial charge in [0.05, 0.1) is 40.7 Å². The van der Waals surface area contributed by atoms with Gasteiger partial charge in [-0.3, -0.25) is 19.3 Å². The number of carbonyl (C=O) groups excluding carboxylic acids is 1. The third kappa shape index (κ3) is 4.08. The summed E-state index contributed by atoms with van der Waals surface area (Å²) < 4.78 is 8.87. The maximum Gasteiger partial charge on any atom is 0.260 e. The van der Waals surface area contributed by atoms with E-state index in [4.69, 9.17) is 4.42 Å². The van der Waals surface area contributed by atoms with Crippen molar-refractivity contribution < 1.29 is 9.21 Å². The summed E-state index contributed by atoms with van der Waals surface area (Å²) in [5.41, 5.74) is 4.62. The summed E-state index contributed by atoms with van der Waals surface area (Å²) >= 11 is 0. The summed E-state index contributed by atoms with van der Waals surface area (Å²) in [6.07, 6.45) is 3.96. The smallest absolute Gasteiger partial charge is 0.260 e. The van der Waals surface area contributed by atoms with Crippen LogP contribution in [0.25, 0.3) is 10.9 Å². The molecule has 32 heavy (non-hydrogen) atoms. The molecule has 0 saturated heterocycles. The predicted octanol–water partition coefficient (Wildman–Crippen LogP) is 3.15. The van der Waals surface area contributed by atoms with Gasteiger partial charge in [-0.1, -0.05) is 0 Å². The Morgan fingerprint density at radius 2 is 2.00 bits per heavy atom. The van der Waals surface area contributed by atoms with Crippen molar-refractivity contribution in [2.45, 2.75) is 47.2 Å². The Labute approximate surface area is 185 Å². The van der Waals surface area contributed by atoms with Crippen molar-refractivity contribution in [1.29, 1.82) is 0 Å². The molecule has 0 aliphatic carbocycles. The molecular weight excluding hydrogens is 406 g/mol. The summed E-state index contributed by atoms with van der Waals surface area (Å²) in [5, 5.41) is 7.90. The Bertz CT molecular complexity index is 1330. The van der Waals surface area contributed by atoms with E-state index in [9.17, 15) is 9.59 Å². The van der Waals surface area contributed by atoms with Gasteiger partial charge in [-0.2, -0.15) is 5.10 Å². The van der Waals surface area contributed by atoms with Crippen LogP contribution in [0, 0.1) is 20.8 Å². The van der Waals surface area contributed by atoms with Crippen LogP contribution in [-0.2, 0) is 19.5 Å². The van der Waals surface area contributed by atoms with E-state index in [0.717, 1.165) is 23.5 Å². The molecule has 8 heteroatoms. The highest BCUT2D eigenvalue weighted by atomic mass is 16.3. The lowest BCUT2D eigenvalue weighted by Gasteiger charge is -2.10. The van der Waals surface area contributed by atoms with Crippen molar-refractivity contribution in [2.24, 2.45) is 0 Å². The molecule has 8 nitrogen and oxygen atoms in total.